The van der Waals surface area contributed by atoms with E-state index in [1.807, 2.05) is 18.7 Å². The smallest absolute Gasteiger partial charge is 0.0738 e. The van der Waals surface area contributed by atoms with Crippen LogP contribution in [0.3, 0.4) is 0 Å². The van der Waals surface area contributed by atoms with Gasteiger partial charge in [0.15, 0.2) is 0 Å². The molecule has 2 rings (SSSR count). The topological polar surface area (TPSA) is 55.9 Å². The van der Waals surface area contributed by atoms with E-state index in [4.69, 9.17) is 5.84 Å². The number of aromatic nitrogens is 2. The summed E-state index contributed by atoms with van der Waals surface area (Å²) in [5, 5.41) is 4.45. The highest BCUT2D eigenvalue weighted by Crippen LogP contribution is 2.41. The van der Waals surface area contributed by atoms with Crippen molar-refractivity contribution in [2.45, 2.75) is 52.0 Å². The number of hydrogen-bond donors (Lipinski definition) is 2. The SMILES string of the molecule is Cc1nn(C)c(CC(NN)C2(C)CCCC2)c1Br. The van der Waals surface area contributed by atoms with Gasteiger partial charge in [-0.25, -0.2) is 0 Å². The molecule has 0 radical (unpaired) electrons. The quantitative estimate of drug-likeness (QED) is 0.663. The van der Waals surface area contributed by atoms with Crippen molar-refractivity contribution in [3.05, 3.63) is 15.9 Å². The van der Waals surface area contributed by atoms with Crippen molar-refractivity contribution in [3.63, 3.8) is 0 Å². The van der Waals surface area contributed by atoms with Crippen molar-refractivity contribution in [1.29, 1.82) is 0 Å². The van der Waals surface area contributed by atoms with Crippen molar-refractivity contribution in [1.82, 2.24) is 15.2 Å². The molecule has 102 valence electrons. The molecule has 3 N–H and O–H groups in total. The molecule has 1 unspecified atom stereocenters. The monoisotopic (exact) mass is 314 g/mol. The first-order valence-corrected chi connectivity index (χ1v) is 7.41. The number of rotatable bonds is 4. The molecule has 1 fully saturated rings. The van der Waals surface area contributed by atoms with E-state index in [1.165, 1.54) is 31.4 Å². The second kappa shape index (κ2) is 5.31. The lowest BCUT2D eigenvalue weighted by Gasteiger charge is -2.33. The lowest BCUT2D eigenvalue weighted by atomic mass is 9.79. The summed E-state index contributed by atoms with van der Waals surface area (Å²) in [7, 11) is 2.00. The number of hydrogen-bond acceptors (Lipinski definition) is 3. The summed E-state index contributed by atoms with van der Waals surface area (Å²) in [5.41, 5.74) is 5.61. The van der Waals surface area contributed by atoms with Crippen LogP contribution in [0.5, 0.6) is 0 Å². The zero-order valence-electron chi connectivity index (χ0n) is 11.5. The van der Waals surface area contributed by atoms with E-state index < -0.39 is 0 Å². The van der Waals surface area contributed by atoms with E-state index in [0.717, 1.165) is 16.6 Å². The molecule has 1 aromatic rings. The minimum Gasteiger partial charge on any atom is -0.271 e. The van der Waals surface area contributed by atoms with Gasteiger partial charge in [-0.3, -0.25) is 16.0 Å². The Bertz CT molecular complexity index is 421. The molecule has 1 aromatic heterocycles. The molecule has 0 spiro atoms. The molecule has 0 bridgehead atoms. The number of hydrazine groups is 1. The van der Waals surface area contributed by atoms with E-state index in [1.54, 1.807) is 0 Å². The van der Waals surface area contributed by atoms with Crippen molar-refractivity contribution in [3.8, 4) is 0 Å². The van der Waals surface area contributed by atoms with Gasteiger partial charge >= 0.3 is 0 Å². The molecular formula is C13H23BrN4. The first kappa shape index (κ1) is 14.0. The van der Waals surface area contributed by atoms with E-state index in [-0.39, 0.29) is 0 Å². The Morgan fingerprint density at radius 2 is 2.11 bits per heavy atom. The molecule has 1 heterocycles. The predicted octanol–water partition coefficient (Wildman–Crippen LogP) is 2.45. The van der Waals surface area contributed by atoms with Crippen LogP contribution in [0.25, 0.3) is 0 Å². The Kier molecular flexibility index (Phi) is 4.14. The van der Waals surface area contributed by atoms with Gasteiger partial charge in [0, 0.05) is 19.5 Å². The summed E-state index contributed by atoms with van der Waals surface area (Å²) < 4.78 is 3.08. The van der Waals surface area contributed by atoms with Gasteiger partial charge in [0.05, 0.1) is 15.9 Å². The van der Waals surface area contributed by atoms with E-state index >= 15 is 0 Å². The van der Waals surface area contributed by atoms with Crippen LogP contribution in [0.15, 0.2) is 4.47 Å². The maximum atomic E-state index is 5.80. The third-order valence-electron chi connectivity index (χ3n) is 4.45. The molecule has 1 atom stereocenters. The Hall–Kier alpha value is -0.390. The molecule has 0 amide bonds. The fourth-order valence-corrected chi connectivity index (χ4v) is 3.63. The van der Waals surface area contributed by atoms with Crippen LogP contribution in [0.4, 0.5) is 0 Å². The van der Waals surface area contributed by atoms with Crippen LogP contribution in [0.1, 0.15) is 44.0 Å². The van der Waals surface area contributed by atoms with Crippen LogP contribution in [-0.4, -0.2) is 15.8 Å². The number of nitrogens with one attached hydrogen (secondary N) is 1. The number of aryl methyl sites for hydroxylation is 2. The fourth-order valence-electron chi connectivity index (χ4n) is 3.13. The highest BCUT2D eigenvalue weighted by molar-refractivity contribution is 9.10. The van der Waals surface area contributed by atoms with Crippen molar-refractivity contribution >= 4 is 15.9 Å². The molecule has 1 saturated carbocycles. The first-order valence-electron chi connectivity index (χ1n) is 6.62. The van der Waals surface area contributed by atoms with Crippen LogP contribution in [0.2, 0.25) is 0 Å². The number of nitrogens with zero attached hydrogens (tertiary/aromatic N) is 2. The maximum Gasteiger partial charge on any atom is 0.0738 e. The summed E-state index contributed by atoms with van der Waals surface area (Å²) >= 11 is 3.63. The number of nitrogens with two attached hydrogens (primary N) is 1. The van der Waals surface area contributed by atoms with Gasteiger partial charge in [0.2, 0.25) is 0 Å². The normalized spacial score (nSPS) is 20.3. The third-order valence-corrected chi connectivity index (χ3v) is 5.48. The standard InChI is InChI=1S/C13H23BrN4/c1-9-12(14)10(18(3)17-9)8-11(16-15)13(2)6-4-5-7-13/h11,16H,4-8,15H2,1-3H3. The molecule has 18 heavy (non-hydrogen) atoms. The summed E-state index contributed by atoms with van der Waals surface area (Å²) in [4.78, 5) is 0. The van der Waals surface area contributed by atoms with E-state index in [0.29, 0.717) is 11.5 Å². The number of halogens is 1. The predicted molar refractivity (Wildman–Crippen MR) is 77.0 cm³/mol. The summed E-state index contributed by atoms with van der Waals surface area (Å²) in [6.45, 7) is 4.37. The highest BCUT2D eigenvalue weighted by atomic mass is 79.9. The minimum absolute atomic E-state index is 0.311. The van der Waals surface area contributed by atoms with Crippen molar-refractivity contribution in [2.24, 2.45) is 18.3 Å². The van der Waals surface area contributed by atoms with Gasteiger partial charge in [-0.1, -0.05) is 19.8 Å². The van der Waals surface area contributed by atoms with E-state index in [2.05, 4.69) is 33.4 Å². The Morgan fingerprint density at radius 3 is 2.56 bits per heavy atom. The lowest BCUT2D eigenvalue weighted by molar-refractivity contribution is 0.218. The van der Waals surface area contributed by atoms with Crippen LogP contribution < -0.4 is 11.3 Å². The third kappa shape index (κ3) is 2.49. The Morgan fingerprint density at radius 1 is 1.50 bits per heavy atom. The van der Waals surface area contributed by atoms with E-state index in [9.17, 15) is 0 Å². The zero-order valence-corrected chi connectivity index (χ0v) is 13.0. The molecular weight excluding hydrogens is 292 g/mol. The minimum atomic E-state index is 0.311. The fraction of sp³-hybridized carbons (Fsp3) is 0.769. The zero-order chi connectivity index (χ0) is 13.3. The summed E-state index contributed by atoms with van der Waals surface area (Å²) in [6, 6.07) is 0.311. The second-order valence-corrected chi connectivity index (χ2v) is 6.55. The summed E-state index contributed by atoms with van der Waals surface area (Å²) in [6.07, 6.45) is 6.08. The average Bonchev–Trinajstić information content (AvgIpc) is 2.85. The van der Waals surface area contributed by atoms with Crippen molar-refractivity contribution in [2.75, 3.05) is 0 Å². The molecule has 5 heteroatoms. The lowest BCUT2D eigenvalue weighted by Crippen LogP contribution is -2.47. The Labute approximate surface area is 117 Å². The second-order valence-electron chi connectivity index (χ2n) is 5.75. The largest absolute Gasteiger partial charge is 0.271 e. The van der Waals surface area contributed by atoms with Crippen LogP contribution in [-0.2, 0) is 13.5 Å². The Balaban J connectivity index is 2.20. The van der Waals surface area contributed by atoms with Crippen LogP contribution in [0, 0.1) is 12.3 Å². The van der Waals surface area contributed by atoms with Gasteiger partial charge in [0.1, 0.15) is 0 Å². The van der Waals surface area contributed by atoms with Gasteiger partial charge in [-0.05, 0) is 41.1 Å². The molecule has 0 aliphatic heterocycles. The molecule has 0 aromatic carbocycles. The van der Waals surface area contributed by atoms with Crippen LogP contribution >= 0.6 is 15.9 Å². The first-order chi connectivity index (χ1) is 8.48. The average molecular weight is 315 g/mol. The molecule has 0 saturated heterocycles. The van der Waals surface area contributed by atoms with Gasteiger partial charge in [-0.2, -0.15) is 5.10 Å². The van der Waals surface area contributed by atoms with Crippen molar-refractivity contribution < 1.29 is 0 Å². The summed E-state index contributed by atoms with van der Waals surface area (Å²) in [5.74, 6) is 5.80. The molecule has 1 aliphatic rings. The van der Waals surface area contributed by atoms with Gasteiger partial charge in [-0.15, -0.1) is 0 Å². The highest BCUT2D eigenvalue weighted by Gasteiger charge is 2.37. The van der Waals surface area contributed by atoms with Gasteiger partial charge < -0.3 is 0 Å². The van der Waals surface area contributed by atoms with Gasteiger partial charge in [0.25, 0.3) is 0 Å². The maximum absolute atomic E-state index is 5.80. The molecule has 4 nitrogen and oxygen atoms in total. The molecule has 1 aliphatic carbocycles.